The summed E-state index contributed by atoms with van der Waals surface area (Å²) in [5.41, 5.74) is -0.343. The maximum atomic E-state index is 14.4. The van der Waals surface area contributed by atoms with Crippen molar-refractivity contribution in [3.05, 3.63) is 24.3 Å². The van der Waals surface area contributed by atoms with Crippen LogP contribution >= 0.6 is 7.37 Å². The van der Waals surface area contributed by atoms with Crippen molar-refractivity contribution in [3.8, 4) is 5.75 Å². The second-order valence-electron chi connectivity index (χ2n) is 8.49. The molecule has 0 bridgehead atoms. The zero-order valence-corrected chi connectivity index (χ0v) is 21.5. The molecule has 184 valence electrons. The van der Waals surface area contributed by atoms with E-state index in [1.165, 1.54) is 0 Å². The first kappa shape index (κ1) is 27.3. The maximum Gasteiger partial charge on any atom is 0.238 e. The van der Waals surface area contributed by atoms with Gasteiger partial charge in [0.1, 0.15) is 18.0 Å². The van der Waals surface area contributed by atoms with Crippen LogP contribution in [0.4, 0.5) is 0 Å². The van der Waals surface area contributed by atoms with Crippen molar-refractivity contribution in [2.24, 2.45) is 0 Å². The first-order chi connectivity index (χ1) is 15.5. The molecule has 0 aromatic heterocycles. The van der Waals surface area contributed by atoms with Crippen molar-refractivity contribution >= 4 is 12.7 Å². The molecule has 1 saturated heterocycles. The molecule has 1 aliphatic heterocycles. The Morgan fingerprint density at radius 1 is 0.938 bits per heavy atom. The number of benzene rings is 1. The molecule has 1 aromatic rings. The normalized spacial score (nSPS) is 28.0. The molecular weight excluding hydrogens is 427 g/mol. The van der Waals surface area contributed by atoms with Crippen LogP contribution in [0.25, 0.3) is 0 Å². The Labute approximate surface area is 194 Å². The van der Waals surface area contributed by atoms with Gasteiger partial charge in [0.25, 0.3) is 0 Å². The zero-order valence-electron chi connectivity index (χ0n) is 20.6. The predicted octanol–water partition coefficient (Wildman–Crippen LogP) is 5.57. The van der Waals surface area contributed by atoms with Crippen molar-refractivity contribution in [1.82, 2.24) is 0 Å². The minimum absolute atomic E-state index is 0.317. The molecule has 0 amide bonds. The lowest BCUT2D eigenvalue weighted by molar-refractivity contribution is -0.143. The van der Waals surface area contributed by atoms with Gasteiger partial charge in [0, 0.05) is 25.1 Å². The van der Waals surface area contributed by atoms with Crippen LogP contribution in [0.5, 0.6) is 5.75 Å². The molecule has 1 fully saturated rings. The molecule has 0 radical (unpaired) electrons. The van der Waals surface area contributed by atoms with Gasteiger partial charge in [-0.25, -0.2) is 0 Å². The van der Waals surface area contributed by atoms with Gasteiger partial charge in [-0.15, -0.1) is 0 Å². The molecule has 0 aliphatic carbocycles. The lowest BCUT2D eigenvalue weighted by Crippen LogP contribution is -2.54. The van der Waals surface area contributed by atoms with Crippen molar-refractivity contribution in [2.75, 3.05) is 33.5 Å². The summed E-state index contributed by atoms with van der Waals surface area (Å²) in [7, 11) is -1.64. The van der Waals surface area contributed by atoms with Gasteiger partial charge in [0.2, 0.25) is 7.37 Å². The van der Waals surface area contributed by atoms with Crippen molar-refractivity contribution < 1.29 is 28.0 Å². The fourth-order valence-electron chi connectivity index (χ4n) is 3.87. The fraction of sp³-hybridized carbons (Fsp3) is 0.760. The molecule has 1 aromatic carbocycles. The molecular formula is C25H43O6P. The van der Waals surface area contributed by atoms with Crippen LogP contribution in [0.1, 0.15) is 66.2 Å². The molecule has 0 spiro atoms. The zero-order chi connectivity index (χ0) is 23.4. The van der Waals surface area contributed by atoms with Crippen molar-refractivity contribution in [2.45, 2.75) is 90.2 Å². The molecule has 0 N–H and O–H groups in total. The lowest BCUT2D eigenvalue weighted by atomic mass is 10.0. The van der Waals surface area contributed by atoms with Gasteiger partial charge in [-0.1, -0.05) is 53.0 Å². The van der Waals surface area contributed by atoms with Gasteiger partial charge >= 0.3 is 0 Å². The van der Waals surface area contributed by atoms with E-state index < -0.39 is 13.5 Å². The number of ether oxygens (including phenoxy) is 4. The summed E-state index contributed by atoms with van der Waals surface area (Å²) < 4.78 is 44.7. The van der Waals surface area contributed by atoms with E-state index in [1.54, 1.807) is 7.11 Å². The Morgan fingerprint density at radius 2 is 1.56 bits per heavy atom. The number of hydrogen-bond acceptors (Lipinski definition) is 6. The summed E-state index contributed by atoms with van der Waals surface area (Å²) in [4.78, 5) is 0. The third kappa shape index (κ3) is 7.30. The van der Waals surface area contributed by atoms with E-state index in [4.69, 9.17) is 23.5 Å². The van der Waals surface area contributed by atoms with Crippen LogP contribution in [0, 0.1) is 0 Å². The highest BCUT2D eigenvalue weighted by Gasteiger charge is 2.52. The summed E-state index contributed by atoms with van der Waals surface area (Å²) in [6, 6.07) is 7.37. The average Bonchev–Trinajstić information content (AvgIpc) is 2.81. The van der Waals surface area contributed by atoms with E-state index in [9.17, 15) is 4.57 Å². The highest BCUT2D eigenvalue weighted by Crippen LogP contribution is 2.58. The topological polar surface area (TPSA) is 63.2 Å². The van der Waals surface area contributed by atoms with Gasteiger partial charge < -0.3 is 23.5 Å². The molecule has 1 heterocycles. The van der Waals surface area contributed by atoms with E-state index >= 15 is 0 Å². The largest absolute Gasteiger partial charge is 0.497 e. The van der Waals surface area contributed by atoms with Crippen LogP contribution in [0.3, 0.4) is 0 Å². The molecule has 1 aliphatic rings. The maximum absolute atomic E-state index is 14.4. The molecule has 2 rings (SSSR count). The number of rotatable bonds is 15. The first-order valence-corrected chi connectivity index (χ1v) is 13.9. The van der Waals surface area contributed by atoms with E-state index in [2.05, 4.69) is 20.8 Å². The minimum atomic E-state index is -3.25. The Morgan fingerprint density at radius 3 is 2.19 bits per heavy atom. The van der Waals surface area contributed by atoms with E-state index in [-0.39, 0.29) is 17.9 Å². The monoisotopic (exact) mass is 470 g/mol. The second kappa shape index (κ2) is 14.4. The van der Waals surface area contributed by atoms with E-state index in [0.717, 1.165) is 38.5 Å². The third-order valence-electron chi connectivity index (χ3n) is 5.95. The highest BCUT2D eigenvalue weighted by atomic mass is 31.2. The second-order valence-corrected chi connectivity index (χ2v) is 11.2. The van der Waals surface area contributed by atoms with E-state index in [1.807, 2.05) is 31.2 Å². The first-order valence-electron chi connectivity index (χ1n) is 12.2. The average molecular weight is 471 g/mol. The Balaban J connectivity index is 2.35. The standard InChI is InChI=1S/C25H43O6P/c1-6-9-15-28-19-23-25(30-17-11-8-3)24(29-16-10-7-2)20(4)32(26,31-23)22-14-12-13-21(18-22)27-5/h12-14,18,20,23-25H,6-11,15-17,19H2,1-5H3/t20?,23-,24-,25-,32-/m1/s1. The molecule has 32 heavy (non-hydrogen) atoms. The minimum Gasteiger partial charge on any atom is -0.497 e. The van der Waals surface area contributed by atoms with E-state index in [0.29, 0.717) is 37.5 Å². The van der Waals surface area contributed by atoms with Crippen LogP contribution in [-0.2, 0) is 23.3 Å². The summed E-state index contributed by atoms with van der Waals surface area (Å²) >= 11 is 0. The Kier molecular flexibility index (Phi) is 12.3. The fourth-order valence-corrected chi connectivity index (χ4v) is 6.48. The van der Waals surface area contributed by atoms with Crippen LogP contribution in [0.2, 0.25) is 0 Å². The molecule has 0 saturated carbocycles. The number of methoxy groups -OCH3 is 1. The van der Waals surface area contributed by atoms with Gasteiger partial charge in [0.15, 0.2) is 0 Å². The molecule has 5 atom stereocenters. The molecule has 1 unspecified atom stereocenters. The Bertz CT molecular complexity index is 697. The third-order valence-corrected chi connectivity index (χ3v) is 8.90. The van der Waals surface area contributed by atoms with Crippen molar-refractivity contribution in [3.63, 3.8) is 0 Å². The van der Waals surface area contributed by atoms with Crippen molar-refractivity contribution in [1.29, 1.82) is 0 Å². The van der Waals surface area contributed by atoms with Gasteiger partial charge in [-0.3, -0.25) is 4.57 Å². The summed E-state index contributed by atoms with van der Waals surface area (Å²) in [5.74, 6) is 0.661. The summed E-state index contributed by atoms with van der Waals surface area (Å²) in [6.45, 7) is 10.6. The Hall–Kier alpha value is -0.910. The lowest BCUT2D eigenvalue weighted by Gasteiger charge is -2.45. The quantitative estimate of drug-likeness (QED) is 0.247. The van der Waals surface area contributed by atoms with Crippen LogP contribution in [0.15, 0.2) is 24.3 Å². The predicted molar refractivity (Wildman–Crippen MR) is 130 cm³/mol. The van der Waals surface area contributed by atoms with Gasteiger partial charge in [0.05, 0.1) is 25.5 Å². The number of hydrogen-bond donors (Lipinski definition) is 0. The van der Waals surface area contributed by atoms with Crippen LogP contribution < -0.4 is 10.0 Å². The molecule has 7 heteroatoms. The molecule has 6 nitrogen and oxygen atoms in total. The van der Waals surface area contributed by atoms with Gasteiger partial charge in [-0.2, -0.15) is 0 Å². The number of unbranched alkanes of at least 4 members (excludes halogenated alkanes) is 3. The smallest absolute Gasteiger partial charge is 0.238 e. The summed E-state index contributed by atoms with van der Waals surface area (Å²) in [6.07, 6.45) is 4.94. The van der Waals surface area contributed by atoms with Crippen LogP contribution in [-0.4, -0.2) is 57.5 Å². The van der Waals surface area contributed by atoms with Gasteiger partial charge in [-0.05, 0) is 37.5 Å². The summed E-state index contributed by atoms with van der Waals surface area (Å²) in [5, 5.41) is 0.652. The SMILES string of the molecule is CCCCOC[C@H]1O[P@@](=O)(c2cccc(OC)c2)C(C)[C@@H](OCCCC)[C@@H]1OCCCC. The highest BCUT2D eigenvalue weighted by molar-refractivity contribution is 7.67.